The Morgan fingerprint density at radius 1 is 0.538 bits per heavy atom. The van der Waals surface area contributed by atoms with Crippen LogP contribution in [-0.4, -0.2) is 0 Å². The Balaban J connectivity index is -0.00000000655. The second-order valence-corrected chi connectivity index (χ2v) is 0. The zero-order valence-electron chi connectivity index (χ0n) is 6.08. The molecule has 68 valence electrons. The summed E-state index contributed by atoms with van der Waals surface area (Å²) in [5, 5.41) is 39.0. The quantitative estimate of drug-likeness (QED) is 0.336. The fraction of sp³-hybridized carbons (Fsp3) is 0. The van der Waals surface area contributed by atoms with Crippen LogP contribution in [0.4, 0.5) is 0 Å². The number of hydrogen-bond acceptors (Lipinski definition) is 7. The SMILES string of the molecule is N[O-].[C-]#N.[C-]#N.[C-]#N.[C-]#N.[C-]#N.[Fe+4]. The van der Waals surface area contributed by atoms with Gasteiger partial charge in [0.15, 0.2) is 0 Å². The minimum Gasteiger partial charge on any atom is -0.790 e. The van der Waals surface area contributed by atoms with Crippen molar-refractivity contribution in [2.75, 3.05) is 0 Å². The van der Waals surface area contributed by atoms with Crippen LogP contribution < -0.4 is 5.90 Å². The molecule has 0 aliphatic rings. The maximum Gasteiger partial charge on any atom is 4.00 e. The van der Waals surface area contributed by atoms with Crippen molar-refractivity contribution < 1.29 is 17.1 Å². The molecule has 0 radical (unpaired) electrons. The first-order chi connectivity index (χ1) is 6.00. The molecule has 0 aromatic rings. The fourth-order valence-corrected chi connectivity index (χ4v) is 0. The minimum atomic E-state index is 0. The van der Waals surface area contributed by atoms with Gasteiger partial charge >= 0.3 is 17.1 Å². The molecule has 0 unspecified atom stereocenters. The predicted molar refractivity (Wildman–Crippen MR) is 32.4 cm³/mol. The van der Waals surface area contributed by atoms with Crippen molar-refractivity contribution in [1.29, 1.82) is 26.3 Å². The van der Waals surface area contributed by atoms with Crippen molar-refractivity contribution >= 4 is 0 Å². The number of hydrogen-bond donors (Lipinski definition) is 1. The van der Waals surface area contributed by atoms with Crippen molar-refractivity contribution in [1.82, 2.24) is 0 Å². The Kier molecular flexibility index (Phi) is 950. The molecular formula is C5H2FeN6O-2. The largest absolute Gasteiger partial charge is 4.00 e. The van der Waals surface area contributed by atoms with Gasteiger partial charge in [-0.1, -0.05) is 0 Å². The van der Waals surface area contributed by atoms with Gasteiger partial charge in [0.05, 0.1) is 0 Å². The van der Waals surface area contributed by atoms with E-state index in [0.717, 1.165) is 0 Å². The molecule has 0 saturated heterocycles. The molecule has 0 atom stereocenters. The fourth-order valence-electron chi connectivity index (χ4n) is 0. The molecule has 0 bridgehead atoms. The molecule has 0 rings (SSSR count). The summed E-state index contributed by atoms with van der Waals surface area (Å²) in [6.07, 6.45) is 0. The van der Waals surface area contributed by atoms with Crippen molar-refractivity contribution in [2.45, 2.75) is 0 Å². The van der Waals surface area contributed by atoms with Crippen molar-refractivity contribution in [3.05, 3.63) is 38.1 Å². The first-order valence-electron chi connectivity index (χ1n) is 1.35. The van der Waals surface area contributed by atoms with Crippen LogP contribution in [0.15, 0.2) is 0 Å². The average molecular weight is 218 g/mol. The van der Waals surface area contributed by atoms with E-state index in [-0.39, 0.29) is 17.1 Å². The Hall–Kier alpha value is -2.11. The normalized spacial score (nSPS) is 1.23. The Bertz CT molecular complexity index is 79.6. The Morgan fingerprint density at radius 2 is 0.538 bits per heavy atom. The number of nitrogens with two attached hydrogens (primary N) is 1. The predicted octanol–water partition coefficient (Wildman–Crippen LogP) is -0.0778. The molecule has 8 heteroatoms. The average Bonchev–Trinajstić information content (AvgIpc) is 2.33. The Labute approximate surface area is 87.9 Å². The third-order valence-electron chi connectivity index (χ3n) is 0. The zero-order valence-corrected chi connectivity index (χ0v) is 7.18. The monoisotopic (exact) mass is 218 g/mol. The summed E-state index contributed by atoms with van der Waals surface area (Å²) in [5.41, 5.74) is 0. The van der Waals surface area contributed by atoms with Gasteiger partial charge in [-0.3, -0.25) is 0 Å². The first-order valence-corrected chi connectivity index (χ1v) is 1.35. The van der Waals surface area contributed by atoms with E-state index >= 15 is 0 Å². The van der Waals surface area contributed by atoms with E-state index in [9.17, 15) is 0 Å². The number of nitrogens with zero attached hydrogens (tertiary/aromatic N) is 5. The third-order valence-corrected chi connectivity index (χ3v) is 0. The summed E-state index contributed by atoms with van der Waals surface area (Å²) < 4.78 is 0. The number of rotatable bonds is 0. The Morgan fingerprint density at radius 3 is 0.538 bits per heavy atom. The van der Waals surface area contributed by atoms with E-state index in [1.54, 1.807) is 0 Å². The molecule has 0 aliphatic heterocycles. The van der Waals surface area contributed by atoms with E-state index in [0.29, 0.717) is 0 Å². The summed E-state index contributed by atoms with van der Waals surface area (Å²) in [4.78, 5) is 0. The maximum atomic E-state index is 7.75. The summed E-state index contributed by atoms with van der Waals surface area (Å²) in [7, 11) is 0. The minimum absolute atomic E-state index is 0. The molecule has 0 aromatic heterocycles. The second-order valence-electron chi connectivity index (χ2n) is 0. The van der Waals surface area contributed by atoms with E-state index in [1.807, 2.05) is 0 Å². The van der Waals surface area contributed by atoms with Crippen LogP contribution >= 0.6 is 0 Å². The van der Waals surface area contributed by atoms with Gasteiger partial charge in [-0.15, -0.1) is 0 Å². The van der Waals surface area contributed by atoms with Crippen molar-refractivity contribution in [3.63, 3.8) is 0 Å². The van der Waals surface area contributed by atoms with Gasteiger partial charge in [-0.05, 0) is 0 Å². The molecular weight excluding hydrogens is 216 g/mol. The van der Waals surface area contributed by atoms with E-state index in [4.69, 9.17) is 64.4 Å². The van der Waals surface area contributed by atoms with E-state index in [1.165, 1.54) is 0 Å². The molecule has 7 nitrogen and oxygen atoms in total. The van der Waals surface area contributed by atoms with Gasteiger partial charge < -0.3 is 70.3 Å². The molecule has 0 spiro atoms. The summed E-state index contributed by atoms with van der Waals surface area (Å²) >= 11 is 0. The zero-order chi connectivity index (χ0) is 12.0. The molecule has 0 amide bonds. The molecule has 0 saturated carbocycles. The smallest absolute Gasteiger partial charge is 0.790 e. The molecule has 0 heterocycles. The molecule has 0 aromatic carbocycles. The van der Waals surface area contributed by atoms with Crippen LogP contribution in [0, 0.1) is 64.4 Å². The summed E-state index contributed by atoms with van der Waals surface area (Å²) in [6.45, 7) is 23.8. The van der Waals surface area contributed by atoms with Gasteiger partial charge in [0.25, 0.3) is 0 Å². The van der Waals surface area contributed by atoms with Gasteiger partial charge in [0.2, 0.25) is 0 Å². The van der Waals surface area contributed by atoms with Crippen molar-refractivity contribution in [2.24, 2.45) is 5.90 Å². The second kappa shape index (κ2) is 175. The molecule has 0 aliphatic carbocycles. The van der Waals surface area contributed by atoms with Gasteiger partial charge in [0, 0.05) is 0 Å². The van der Waals surface area contributed by atoms with Gasteiger partial charge in [-0.25, -0.2) is 0 Å². The summed E-state index contributed by atoms with van der Waals surface area (Å²) in [5.74, 6) is 3.25. The van der Waals surface area contributed by atoms with E-state index in [2.05, 4.69) is 5.90 Å². The summed E-state index contributed by atoms with van der Waals surface area (Å²) in [6, 6.07) is 0. The molecule has 0 fully saturated rings. The van der Waals surface area contributed by atoms with Crippen LogP contribution in [0.2, 0.25) is 0 Å². The van der Waals surface area contributed by atoms with Crippen LogP contribution in [0.5, 0.6) is 0 Å². The molecule has 13 heavy (non-hydrogen) atoms. The van der Waals surface area contributed by atoms with Crippen LogP contribution in [-0.2, 0) is 17.1 Å². The van der Waals surface area contributed by atoms with Gasteiger partial charge in [-0.2, -0.15) is 0 Å². The van der Waals surface area contributed by atoms with E-state index < -0.39 is 0 Å². The van der Waals surface area contributed by atoms with Gasteiger partial charge in [0.1, 0.15) is 0 Å². The first kappa shape index (κ1) is 70.4. The standard InChI is InChI=1S/5CN.Fe.H2NO/c5*1-2;;1-2/h;;;;;;1H2/q5*-1;+4;-1. The van der Waals surface area contributed by atoms with Crippen LogP contribution in [0.25, 0.3) is 0 Å². The van der Waals surface area contributed by atoms with Crippen molar-refractivity contribution in [3.8, 4) is 0 Å². The molecule has 2 N–H and O–H groups in total. The maximum absolute atomic E-state index is 7.75. The van der Waals surface area contributed by atoms with Crippen LogP contribution in [0.1, 0.15) is 0 Å². The van der Waals surface area contributed by atoms with Crippen LogP contribution in [0.3, 0.4) is 0 Å². The topological polar surface area (TPSA) is 168 Å². The third kappa shape index (κ3) is 138.